The Kier molecular flexibility index (Phi) is 4.17. The van der Waals surface area contributed by atoms with E-state index in [0.717, 1.165) is 29.7 Å². The third-order valence-electron chi connectivity index (χ3n) is 6.55. The lowest BCUT2D eigenvalue weighted by Crippen LogP contribution is -2.50. The first kappa shape index (κ1) is 18.8. The van der Waals surface area contributed by atoms with E-state index >= 15 is 0 Å². The predicted molar refractivity (Wildman–Crippen MR) is 115 cm³/mol. The van der Waals surface area contributed by atoms with Crippen molar-refractivity contribution in [2.45, 2.75) is 51.6 Å². The maximum Gasteiger partial charge on any atom is 0.274 e. The number of aromatic amines is 1. The number of likely N-dealkylation sites (tertiary alicyclic amines) is 1. The molecule has 2 atom stereocenters. The molecule has 0 spiro atoms. The third kappa shape index (κ3) is 2.80. The number of rotatable bonds is 3. The van der Waals surface area contributed by atoms with Crippen LogP contribution in [0, 0.1) is 13.8 Å². The minimum absolute atomic E-state index is 0.0411. The van der Waals surface area contributed by atoms with Crippen LogP contribution in [0.1, 0.15) is 49.2 Å². The van der Waals surface area contributed by atoms with Crippen LogP contribution in [0.5, 0.6) is 0 Å². The molecule has 7 nitrogen and oxygen atoms in total. The Bertz CT molecular complexity index is 1120. The number of imidazole rings is 1. The van der Waals surface area contributed by atoms with Gasteiger partial charge in [-0.2, -0.15) is 4.99 Å². The van der Waals surface area contributed by atoms with Crippen LogP contribution in [0.3, 0.4) is 0 Å². The van der Waals surface area contributed by atoms with Gasteiger partial charge in [0.05, 0.1) is 23.5 Å². The topological polar surface area (TPSA) is 81.7 Å². The van der Waals surface area contributed by atoms with Crippen LogP contribution >= 0.6 is 0 Å². The van der Waals surface area contributed by atoms with Gasteiger partial charge in [0.1, 0.15) is 17.2 Å². The summed E-state index contributed by atoms with van der Waals surface area (Å²) in [5, 5.41) is 0. The van der Waals surface area contributed by atoms with Crippen molar-refractivity contribution < 1.29 is 9.59 Å². The van der Waals surface area contributed by atoms with Crippen molar-refractivity contribution in [2.24, 2.45) is 4.99 Å². The molecule has 0 aliphatic carbocycles. The number of benzene rings is 1. The number of fused-ring (bicyclic) bond motifs is 2. The molecule has 2 amide bonds. The Hall–Kier alpha value is -3.22. The maximum absolute atomic E-state index is 13.3. The average molecular weight is 403 g/mol. The number of aromatic nitrogens is 2. The molecule has 154 valence electrons. The molecule has 4 heterocycles. The number of nitrogens with zero attached hydrogens (tertiary/aromatic N) is 4. The molecule has 1 fully saturated rings. The van der Waals surface area contributed by atoms with Crippen molar-refractivity contribution >= 4 is 28.7 Å². The highest BCUT2D eigenvalue weighted by Crippen LogP contribution is 2.36. The fourth-order valence-electron chi connectivity index (χ4n) is 4.62. The number of aryl methyl sites for hydroxylation is 2. The quantitative estimate of drug-likeness (QED) is 0.852. The first-order chi connectivity index (χ1) is 14.4. The fraction of sp³-hybridized carbons (Fsp3) is 0.391. The number of amides is 2. The average Bonchev–Trinajstić information content (AvgIpc) is 3.40. The van der Waals surface area contributed by atoms with Crippen molar-refractivity contribution in [1.82, 2.24) is 19.8 Å². The minimum atomic E-state index is -0.983. The Morgan fingerprint density at radius 3 is 2.90 bits per heavy atom. The normalized spacial score (nSPS) is 25.4. The molecule has 1 aromatic heterocycles. The van der Waals surface area contributed by atoms with Gasteiger partial charge < -0.3 is 14.8 Å². The van der Waals surface area contributed by atoms with Gasteiger partial charge in [-0.1, -0.05) is 6.08 Å². The first-order valence-electron chi connectivity index (χ1n) is 10.4. The van der Waals surface area contributed by atoms with Gasteiger partial charge in [0.15, 0.2) is 0 Å². The summed E-state index contributed by atoms with van der Waals surface area (Å²) in [5.41, 5.74) is 3.35. The van der Waals surface area contributed by atoms with Gasteiger partial charge in [0.2, 0.25) is 5.91 Å². The van der Waals surface area contributed by atoms with Crippen LogP contribution in [0.2, 0.25) is 0 Å². The summed E-state index contributed by atoms with van der Waals surface area (Å²) in [5.74, 6) is 1.10. The summed E-state index contributed by atoms with van der Waals surface area (Å²) in [7, 11) is 0. The van der Waals surface area contributed by atoms with E-state index < -0.39 is 5.54 Å². The van der Waals surface area contributed by atoms with Crippen LogP contribution in [-0.2, 0) is 9.59 Å². The lowest BCUT2D eigenvalue weighted by molar-refractivity contribution is -0.138. The number of amidine groups is 1. The molecular formula is C23H25N5O2. The number of hydrogen-bond acceptors (Lipinski definition) is 4. The number of aliphatic imine (C=N–C) groups is 1. The van der Waals surface area contributed by atoms with Crippen LogP contribution in [-0.4, -0.2) is 49.5 Å². The largest absolute Gasteiger partial charge is 0.340 e. The zero-order valence-corrected chi connectivity index (χ0v) is 17.5. The third-order valence-corrected chi connectivity index (χ3v) is 6.55. The van der Waals surface area contributed by atoms with Gasteiger partial charge >= 0.3 is 0 Å². The van der Waals surface area contributed by atoms with E-state index in [4.69, 9.17) is 4.98 Å². The molecule has 0 radical (unpaired) electrons. The second-order valence-corrected chi connectivity index (χ2v) is 8.62. The molecule has 2 unspecified atom stereocenters. The highest BCUT2D eigenvalue weighted by molar-refractivity contribution is 6.13. The maximum atomic E-state index is 13.3. The molecule has 2 aromatic rings. The molecule has 1 saturated heterocycles. The van der Waals surface area contributed by atoms with Crippen molar-refractivity contribution in [3.63, 3.8) is 0 Å². The Labute approximate surface area is 175 Å². The molecule has 0 saturated carbocycles. The predicted octanol–water partition coefficient (Wildman–Crippen LogP) is 3.32. The van der Waals surface area contributed by atoms with Crippen LogP contribution in [0.25, 0.3) is 11.0 Å². The van der Waals surface area contributed by atoms with E-state index in [1.165, 1.54) is 11.1 Å². The second-order valence-electron chi connectivity index (χ2n) is 8.62. The first-order valence-corrected chi connectivity index (χ1v) is 10.4. The molecule has 30 heavy (non-hydrogen) atoms. The minimum Gasteiger partial charge on any atom is -0.340 e. The number of carbonyl (C=O) groups excluding carboxylic acids is 2. The highest BCUT2D eigenvalue weighted by Gasteiger charge is 2.48. The van der Waals surface area contributed by atoms with E-state index in [-0.39, 0.29) is 24.3 Å². The standard InChI is InChI=1S/C23H25N5O2/c1-14-11-16-17(12-15(14)2)25-21(24-16)18-7-6-9-27(18)20(29)13-23(3)22(30)26-19-8-4-5-10-28(19)23/h4-5,8,10-12,18H,6-7,9,13H2,1-3H3,(H,24,25). The number of allylic oxidation sites excluding steroid dienone is 2. The molecule has 1 N–H and O–H groups in total. The zero-order valence-electron chi connectivity index (χ0n) is 17.5. The zero-order chi connectivity index (χ0) is 21.0. The molecule has 3 aliphatic rings. The fourth-order valence-corrected chi connectivity index (χ4v) is 4.62. The van der Waals surface area contributed by atoms with Crippen LogP contribution < -0.4 is 0 Å². The molecule has 7 heteroatoms. The van der Waals surface area contributed by atoms with Gasteiger partial charge in [-0.3, -0.25) is 9.59 Å². The van der Waals surface area contributed by atoms with Gasteiger partial charge in [-0.05, 0) is 69.0 Å². The van der Waals surface area contributed by atoms with Gasteiger partial charge in [-0.25, -0.2) is 4.98 Å². The van der Waals surface area contributed by atoms with Crippen molar-refractivity contribution in [1.29, 1.82) is 0 Å². The summed E-state index contributed by atoms with van der Waals surface area (Å²) in [4.78, 5) is 42.0. The van der Waals surface area contributed by atoms with Gasteiger partial charge in [0, 0.05) is 12.7 Å². The second kappa shape index (κ2) is 6.65. The van der Waals surface area contributed by atoms with Crippen molar-refractivity contribution in [2.75, 3.05) is 6.54 Å². The molecule has 3 aliphatic heterocycles. The van der Waals surface area contributed by atoms with E-state index in [9.17, 15) is 9.59 Å². The van der Waals surface area contributed by atoms with E-state index in [2.05, 4.69) is 36.0 Å². The molecule has 1 aromatic carbocycles. The van der Waals surface area contributed by atoms with Gasteiger partial charge in [0.25, 0.3) is 5.91 Å². The lowest BCUT2D eigenvalue weighted by atomic mass is 9.94. The SMILES string of the molecule is Cc1cc2nc(C3CCCN3C(=O)CC3(C)C(=O)N=C4C=CC=CN43)[nH]c2cc1C. The number of hydrogen-bond donors (Lipinski definition) is 1. The van der Waals surface area contributed by atoms with Crippen molar-refractivity contribution in [3.8, 4) is 0 Å². The Balaban J connectivity index is 1.40. The summed E-state index contributed by atoms with van der Waals surface area (Å²) in [6.45, 7) is 6.63. The van der Waals surface area contributed by atoms with Crippen LogP contribution in [0.15, 0.2) is 41.6 Å². The van der Waals surface area contributed by atoms with E-state index in [0.29, 0.717) is 12.4 Å². The Morgan fingerprint density at radius 1 is 1.27 bits per heavy atom. The van der Waals surface area contributed by atoms with Crippen LogP contribution in [0.4, 0.5) is 0 Å². The summed E-state index contributed by atoms with van der Waals surface area (Å²) in [6.07, 6.45) is 9.20. The molecule has 0 bridgehead atoms. The Morgan fingerprint density at radius 2 is 2.07 bits per heavy atom. The summed E-state index contributed by atoms with van der Waals surface area (Å²) in [6, 6.07) is 4.09. The lowest BCUT2D eigenvalue weighted by Gasteiger charge is -2.34. The number of carbonyl (C=O) groups is 2. The highest BCUT2D eigenvalue weighted by atomic mass is 16.2. The number of nitrogens with one attached hydrogen (secondary N) is 1. The number of H-pyrrole nitrogens is 1. The van der Waals surface area contributed by atoms with E-state index in [1.807, 2.05) is 28.2 Å². The molecule has 5 rings (SSSR count). The van der Waals surface area contributed by atoms with E-state index in [1.54, 1.807) is 13.0 Å². The van der Waals surface area contributed by atoms with Gasteiger partial charge in [-0.15, -0.1) is 0 Å². The summed E-state index contributed by atoms with van der Waals surface area (Å²) < 4.78 is 0. The van der Waals surface area contributed by atoms with Crippen molar-refractivity contribution in [3.05, 3.63) is 53.5 Å². The smallest absolute Gasteiger partial charge is 0.274 e. The summed E-state index contributed by atoms with van der Waals surface area (Å²) >= 11 is 0. The monoisotopic (exact) mass is 403 g/mol. The molecular weight excluding hydrogens is 378 g/mol.